The second-order valence-corrected chi connectivity index (χ2v) is 7.14. The van der Waals surface area contributed by atoms with Gasteiger partial charge in [0.05, 0.1) is 6.42 Å². The molecule has 0 unspecified atom stereocenters. The van der Waals surface area contributed by atoms with E-state index >= 15 is 0 Å². The van der Waals surface area contributed by atoms with Crippen molar-refractivity contribution in [3.63, 3.8) is 0 Å². The molecule has 1 N–H and O–H groups in total. The fourth-order valence-corrected chi connectivity index (χ4v) is 3.21. The second-order valence-electron chi connectivity index (χ2n) is 5.97. The minimum atomic E-state index is -0.516. The highest BCUT2D eigenvalue weighted by molar-refractivity contribution is 7.99. The molecule has 0 saturated heterocycles. The minimum Gasteiger partial charge on any atom is -0.455 e. The van der Waals surface area contributed by atoms with Gasteiger partial charge in [0.15, 0.2) is 12.2 Å². The molecule has 0 saturated carbocycles. The van der Waals surface area contributed by atoms with Gasteiger partial charge in [0.2, 0.25) is 0 Å². The normalized spacial score (nSPS) is 10.7. The average molecular weight is 384 g/mol. The fraction of sp³-hybridized carbons (Fsp3) is 0.250. The molecule has 0 spiro atoms. The van der Waals surface area contributed by atoms with Gasteiger partial charge in [-0.15, -0.1) is 11.8 Å². The summed E-state index contributed by atoms with van der Waals surface area (Å²) in [6.07, 6.45) is -0.0342. The molecule has 0 aliphatic rings. The summed E-state index contributed by atoms with van der Waals surface area (Å²) in [5.74, 6) is -0.0932. The Morgan fingerprint density at radius 1 is 1.15 bits per heavy atom. The van der Waals surface area contributed by atoms with Crippen molar-refractivity contribution < 1.29 is 18.8 Å². The predicted octanol–water partition coefficient (Wildman–Crippen LogP) is 3.13. The number of aromatic nitrogens is 1. The number of nitrogens with zero attached hydrogens (tertiary/aromatic N) is 1. The van der Waals surface area contributed by atoms with Gasteiger partial charge in [-0.3, -0.25) is 9.59 Å². The maximum absolute atomic E-state index is 11.9. The number of ether oxygens (including phenoxy) is 1. The van der Waals surface area contributed by atoms with E-state index in [1.165, 1.54) is 5.56 Å². The van der Waals surface area contributed by atoms with Gasteiger partial charge in [-0.25, -0.2) is 0 Å². The number of hydrogen-bond acceptors (Lipinski definition) is 6. The highest BCUT2D eigenvalue weighted by atomic mass is 32.2. The van der Waals surface area contributed by atoms with Gasteiger partial charge >= 0.3 is 5.97 Å². The Labute approximate surface area is 161 Å². The average Bonchev–Trinajstić information content (AvgIpc) is 3.08. The van der Waals surface area contributed by atoms with Crippen molar-refractivity contribution in [1.29, 1.82) is 0 Å². The highest BCUT2D eigenvalue weighted by Crippen LogP contribution is 2.18. The third-order valence-corrected chi connectivity index (χ3v) is 4.86. The first-order valence-corrected chi connectivity index (χ1v) is 9.55. The molecule has 27 heavy (non-hydrogen) atoms. The number of carbonyl (C=O) groups is 2. The Balaban J connectivity index is 1.35. The largest absolute Gasteiger partial charge is 0.455 e. The van der Waals surface area contributed by atoms with Crippen LogP contribution in [0.4, 0.5) is 0 Å². The molecule has 0 aliphatic heterocycles. The van der Waals surface area contributed by atoms with Crippen molar-refractivity contribution >= 4 is 34.6 Å². The molecule has 3 aromatic rings. The van der Waals surface area contributed by atoms with E-state index < -0.39 is 5.97 Å². The predicted molar refractivity (Wildman–Crippen MR) is 104 cm³/mol. The molecule has 1 aromatic heterocycles. The number of amides is 1. The number of rotatable bonds is 8. The third kappa shape index (κ3) is 5.59. The number of para-hydroxylation sites is 1. The van der Waals surface area contributed by atoms with E-state index in [4.69, 9.17) is 9.26 Å². The topological polar surface area (TPSA) is 81.4 Å². The number of fused-ring (bicyclic) bond motifs is 1. The number of benzene rings is 2. The van der Waals surface area contributed by atoms with Crippen LogP contribution >= 0.6 is 11.8 Å². The summed E-state index contributed by atoms with van der Waals surface area (Å²) in [6.45, 7) is 2.24. The van der Waals surface area contributed by atoms with E-state index in [1.54, 1.807) is 17.8 Å². The van der Waals surface area contributed by atoms with Gasteiger partial charge in [0.25, 0.3) is 5.91 Å². The lowest BCUT2D eigenvalue weighted by Crippen LogP contribution is -2.30. The number of esters is 1. The zero-order valence-corrected chi connectivity index (χ0v) is 15.8. The second kappa shape index (κ2) is 9.23. The van der Waals surface area contributed by atoms with Crippen LogP contribution in [0.5, 0.6) is 0 Å². The fourth-order valence-electron chi connectivity index (χ4n) is 2.44. The number of hydrogen-bond donors (Lipinski definition) is 1. The Kier molecular flexibility index (Phi) is 6.49. The third-order valence-electron chi connectivity index (χ3n) is 3.84. The molecular weight excluding hydrogens is 364 g/mol. The van der Waals surface area contributed by atoms with Crippen LogP contribution in [0, 0.1) is 6.92 Å². The van der Waals surface area contributed by atoms with Gasteiger partial charge in [0.1, 0.15) is 5.69 Å². The van der Waals surface area contributed by atoms with Crippen LogP contribution in [-0.2, 0) is 20.7 Å². The molecule has 0 atom stereocenters. The van der Waals surface area contributed by atoms with Crippen LogP contribution in [0.1, 0.15) is 11.3 Å². The van der Waals surface area contributed by atoms with E-state index in [-0.39, 0.29) is 18.9 Å². The van der Waals surface area contributed by atoms with Crippen LogP contribution in [0.25, 0.3) is 11.0 Å². The van der Waals surface area contributed by atoms with Crippen LogP contribution in [0.3, 0.4) is 0 Å². The summed E-state index contributed by atoms with van der Waals surface area (Å²) >= 11 is 1.66. The van der Waals surface area contributed by atoms with E-state index in [0.717, 1.165) is 16.0 Å². The standard InChI is InChI=1S/C20H20N2O4S/c1-14-6-8-15(9-7-14)27-11-10-21-19(23)13-25-20(24)12-17-16-4-2-3-5-18(16)26-22-17/h2-9H,10-13H2,1H3,(H,21,23). The highest BCUT2D eigenvalue weighted by Gasteiger charge is 2.14. The number of thioether (sulfide) groups is 1. The molecule has 0 bridgehead atoms. The molecule has 7 heteroatoms. The Morgan fingerprint density at radius 2 is 1.93 bits per heavy atom. The molecule has 0 aliphatic carbocycles. The van der Waals surface area contributed by atoms with Crippen molar-refractivity contribution in [3.05, 3.63) is 59.8 Å². The summed E-state index contributed by atoms with van der Waals surface area (Å²) < 4.78 is 10.2. The van der Waals surface area contributed by atoms with Crippen LogP contribution in [-0.4, -0.2) is 35.9 Å². The molecule has 2 aromatic carbocycles. The molecule has 0 fully saturated rings. The van der Waals surface area contributed by atoms with Gasteiger partial charge in [-0.1, -0.05) is 35.0 Å². The van der Waals surface area contributed by atoms with Crippen molar-refractivity contribution in [2.75, 3.05) is 18.9 Å². The lowest BCUT2D eigenvalue weighted by molar-refractivity contribution is -0.147. The van der Waals surface area contributed by atoms with E-state index in [0.29, 0.717) is 17.8 Å². The quantitative estimate of drug-likeness (QED) is 0.365. The molecule has 140 valence electrons. The number of aryl methyl sites for hydroxylation is 1. The summed E-state index contributed by atoms with van der Waals surface area (Å²) in [6, 6.07) is 15.5. The zero-order chi connectivity index (χ0) is 19.1. The first kappa shape index (κ1) is 19.0. The summed E-state index contributed by atoms with van der Waals surface area (Å²) in [5.41, 5.74) is 2.34. The Hall–Kier alpha value is -2.80. The van der Waals surface area contributed by atoms with Crippen LogP contribution < -0.4 is 5.32 Å². The van der Waals surface area contributed by atoms with Gasteiger partial charge in [-0.05, 0) is 31.2 Å². The van der Waals surface area contributed by atoms with Gasteiger partial charge < -0.3 is 14.6 Å². The smallest absolute Gasteiger partial charge is 0.312 e. The van der Waals surface area contributed by atoms with E-state index in [1.807, 2.05) is 25.1 Å². The van der Waals surface area contributed by atoms with E-state index in [2.05, 4.69) is 34.7 Å². The molecule has 3 rings (SSSR count). The minimum absolute atomic E-state index is 0.0342. The number of nitrogens with one attached hydrogen (secondary N) is 1. The molecule has 1 amide bonds. The lowest BCUT2D eigenvalue weighted by Gasteiger charge is -2.06. The Bertz CT molecular complexity index is 921. The van der Waals surface area contributed by atoms with Crippen molar-refractivity contribution in [2.45, 2.75) is 18.2 Å². The summed E-state index contributed by atoms with van der Waals surface area (Å²) in [7, 11) is 0. The molecule has 6 nitrogen and oxygen atoms in total. The molecule has 1 heterocycles. The molecule has 0 radical (unpaired) electrons. The van der Waals surface area contributed by atoms with Crippen molar-refractivity contribution in [3.8, 4) is 0 Å². The Morgan fingerprint density at radius 3 is 2.74 bits per heavy atom. The first-order valence-electron chi connectivity index (χ1n) is 8.57. The monoisotopic (exact) mass is 384 g/mol. The van der Waals surface area contributed by atoms with Crippen LogP contribution in [0.15, 0.2) is 57.9 Å². The van der Waals surface area contributed by atoms with Gasteiger partial charge in [-0.2, -0.15) is 0 Å². The molecular formula is C20H20N2O4S. The SMILES string of the molecule is Cc1ccc(SCCNC(=O)COC(=O)Cc2noc3ccccc23)cc1. The first-order chi connectivity index (χ1) is 13.1. The van der Waals surface area contributed by atoms with Crippen molar-refractivity contribution in [1.82, 2.24) is 10.5 Å². The maximum atomic E-state index is 11.9. The van der Waals surface area contributed by atoms with Gasteiger partial charge in [0, 0.05) is 22.6 Å². The lowest BCUT2D eigenvalue weighted by atomic mass is 10.2. The van der Waals surface area contributed by atoms with Crippen LogP contribution in [0.2, 0.25) is 0 Å². The number of carbonyl (C=O) groups excluding carboxylic acids is 2. The zero-order valence-electron chi connectivity index (χ0n) is 14.9. The van der Waals surface area contributed by atoms with Crippen molar-refractivity contribution in [2.24, 2.45) is 0 Å². The summed E-state index contributed by atoms with van der Waals surface area (Å²) in [5, 5.41) is 7.39. The maximum Gasteiger partial charge on any atom is 0.312 e. The van der Waals surface area contributed by atoms with E-state index in [9.17, 15) is 9.59 Å². The summed E-state index contributed by atoms with van der Waals surface area (Å²) in [4.78, 5) is 24.9.